The molecule has 1 unspecified atom stereocenters. The Kier molecular flexibility index (Phi) is 2.66. The van der Waals surface area contributed by atoms with Gasteiger partial charge in [0.05, 0.1) is 18.2 Å². The smallest absolute Gasteiger partial charge is 0.328 e. The van der Waals surface area contributed by atoms with Gasteiger partial charge in [-0.1, -0.05) is 6.07 Å². The Balaban J connectivity index is 2.40. The molecule has 1 atom stereocenters. The van der Waals surface area contributed by atoms with Crippen LogP contribution >= 0.6 is 0 Å². The number of nitrogens with zero attached hydrogens (tertiary/aromatic N) is 2. The van der Waals surface area contributed by atoms with Gasteiger partial charge < -0.3 is 10.4 Å². The summed E-state index contributed by atoms with van der Waals surface area (Å²) in [6.07, 6.45) is 0. The number of aliphatic carboxylic acids is 1. The number of nitrogens with one attached hydrogen (secondary N) is 1. The summed E-state index contributed by atoms with van der Waals surface area (Å²) in [7, 11) is 0. The Bertz CT molecular complexity index is 521. The van der Waals surface area contributed by atoms with Crippen LogP contribution in [-0.2, 0) is 4.79 Å². The first-order chi connectivity index (χ1) is 8.13. The number of carboxylic acids is 1. The molecule has 6 heteroatoms. The lowest BCUT2D eigenvalue weighted by atomic mass is 10.2. The maximum Gasteiger partial charge on any atom is 0.328 e. The van der Waals surface area contributed by atoms with Crippen LogP contribution in [0.5, 0.6) is 0 Å². The molecule has 0 spiro atoms. The second kappa shape index (κ2) is 4.14. The molecule has 1 saturated heterocycles. The summed E-state index contributed by atoms with van der Waals surface area (Å²) in [5, 5.41) is 20.2. The van der Waals surface area contributed by atoms with Gasteiger partial charge in [0.15, 0.2) is 6.04 Å². The second-order valence-electron chi connectivity index (χ2n) is 3.57. The summed E-state index contributed by atoms with van der Waals surface area (Å²) >= 11 is 0. The molecule has 1 aromatic rings. The summed E-state index contributed by atoms with van der Waals surface area (Å²) < 4.78 is 0. The van der Waals surface area contributed by atoms with E-state index in [4.69, 9.17) is 10.4 Å². The molecule has 2 amide bonds. The molecule has 2 rings (SSSR count). The number of hydrogen-bond acceptors (Lipinski definition) is 3. The minimum absolute atomic E-state index is 0.0605. The van der Waals surface area contributed by atoms with Crippen molar-refractivity contribution in [2.45, 2.75) is 6.04 Å². The van der Waals surface area contributed by atoms with E-state index < -0.39 is 18.0 Å². The average Bonchev–Trinajstić information content (AvgIpc) is 2.71. The maximum atomic E-state index is 11.6. The van der Waals surface area contributed by atoms with Crippen LogP contribution in [0.4, 0.5) is 10.5 Å². The van der Waals surface area contributed by atoms with Gasteiger partial charge in [-0.15, -0.1) is 0 Å². The molecule has 86 valence electrons. The van der Waals surface area contributed by atoms with Crippen LogP contribution < -0.4 is 10.2 Å². The standard InChI is InChI=1S/C11H9N3O3/c12-5-7-2-1-3-8(4-7)14-9(10(15)16)6-13-11(14)17/h1-4,9H,6H2,(H,13,17)(H,15,16). The predicted octanol–water partition coefficient (Wildman–Crippen LogP) is 0.541. The highest BCUT2D eigenvalue weighted by Crippen LogP contribution is 2.21. The van der Waals surface area contributed by atoms with Gasteiger partial charge in [-0.05, 0) is 18.2 Å². The third-order valence-corrected chi connectivity index (χ3v) is 2.52. The topological polar surface area (TPSA) is 93.4 Å². The molecule has 1 heterocycles. The lowest BCUT2D eigenvalue weighted by Gasteiger charge is -2.19. The molecule has 1 aliphatic rings. The van der Waals surface area contributed by atoms with Crippen molar-refractivity contribution in [1.29, 1.82) is 5.26 Å². The second-order valence-corrected chi connectivity index (χ2v) is 3.57. The summed E-state index contributed by atoms with van der Waals surface area (Å²) in [5.41, 5.74) is 0.790. The Hall–Kier alpha value is -2.55. The first-order valence-electron chi connectivity index (χ1n) is 4.93. The molecular formula is C11H9N3O3. The molecular weight excluding hydrogens is 222 g/mol. The lowest BCUT2D eigenvalue weighted by Crippen LogP contribution is -2.39. The minimum atomic E-state index is -1.08. The van der Waals surface area contributed by atoms with Crippen LogP contribution in [-0.4, -0.2) is 29.7 Å². The van der Waals surface area contributed by atoms with E-state index in [-0.39, 0.29) is 6.54 Å². The summed E-state index contributed by atoms with van der Waals surface area (Å²) in [6, 6.07) is 6.83. The van der Waals surface area contributed by atoms with Crippen LogP contribution in [0, 0.1) is 11.3 Å². The van der Waals surface area contributed by atoms with Crippen LogP contribution in [0.25, 0.3) is 0 Å². The van der Waals surface area contributed by atoms with Crippen molar-refractivity contribution in [3.63, 3.8) is 0 Å². The number of carbonyl (C=O) groups is 2. The number of amides is 2. The number of nitriles is 1. The Morgan fingerprint density at radius 3 is 3.00 bits per heavy atom. The van der Waals surface area contributed by atoms with Gasteiger partial charge in [0.2, 0.25) is 0 Å². The fourth-order valence-electron chi connectivity index (χ4n) is 1.72. The van der Waals surface area contributed by atoms with E-state index in [9.17, 15) is 9.59 Å². The first kappa shape index (κ1) is 11.0. The van der Waals surface area contributed by atoms with E-state index in [0.29, 0.717) is 11.3 Å². The minimum Gasteiger partial charge on any atom is -0.480 e. The zero-order valence-electron chi connectivity index (χ0n) is 8.75. The fourth-order valence-corrected chi connectivity index (χ4v) is 1.72. The molecule has 1 aromatic carbocycles. The van der Waals surface area contributed by atoms with Gasteiger partial charge in [0, 0.05) is 5.69 Å². The Labute approximate surface area is 97.1 Å². The van der Waals surface area contributed by atoms with E-state index in [1.165, 1.54) is 6.07 Å². The van der Waals surface area contributed by atoms with Crippen LogP contribution in [0.3, 0.4) is 0 Å². The van der Waals surface area contributed by atoms with E-state index in [1.54, 1.807) is 18.2 Å². The maximum absolute atomic E-state index is 11.6. The number of rotatable bonds is 2. The SMILES string of the molecule is N#Cc1cccc(N2C(=O)NCC2C(=O)O)c1. The van der Waals surface area contributed by atoms with Gasteiger partial charge in [0.25, 0.3) is 0 Å². The highest BCUT2D eigenvalue weighted by atomic mass is 16.4. The zero-order chi connectivity index (χ0) is 12.4. The number of anilines is 1. The number of carbonyl (C=O) groups excluding carboxylic acids is 1. The predicted molar refractivity (Wildman–Crippen MR) is 58.5 cm³/mol. The van der Waals surface area contributed by atoms with Crippen molar-refractivity contribution >= 4 is 17.7 Å². The average molecular weight is 231 g/mol. The molecule has 0 saturated carbocycles. The van der Waals surface area contributed by atoms with E-state index in [2.05, 4.69) is 5.32 Å². The number of carboxylic acid groups (broad SMARTS) is 1. The molecule has 0 radical (unpaired) electrons. The van der Waals surface area contributed by atoms with Gasteiger partial charge >= 0.3 is 12.0 Å². The van der Waals surface area contributed by atoms with Gasteiger partial charge in [-0.3, -0.25) is 4.90 Å². The molecule has 1 fully saturated rings. The van der Waals surface area contributed by atoms with E-state index in [0.717, 1.165) is 4.90 Å². The van der Waals surface area contributed by atoms with Crippen LogP contribution in [0.1, 0.15) is 5.56 Å². The summed E-state index contributed by atoms with van der Waals surface area (Å²) in [4.78, 5) is 23.7. The van der Waals surface area contributed by atoms with Crippen molar-refractivity contribution in [2.75, 3.05) is 11.4 Å². The highest BCUT2D eigenvalue weighted by molar-refractivity contribution is 6.01. The van der Waals surface area contributed by atoms with Gasteiger partial charge in [-0.2, -0.15) is 5.26 Å². The molecule has 0 bridgehead atoms. The number of urea groups is 1. The highest BCUT2D eigenvalue weighted by Gasteiger charge is 2.36. The van der Waals surface area contributed by atoms with Crippen molar-refractivity contribution in [3.05, 3.63) is 29.8 Å². The first-order valence-corrected chi connectivity index (χ1v) is 4.93. The largest absolute Gasteiger partial charge is 0.480 e. The Morgan fingerprint density at radius 1 is 1.59 bits per heavy atom. The monoisotopic (exact) mass is 231 g/mol. The van der Waals surface area contributed by atoms with Crippen molar-refractivity contribution in [1.82, 2.24) is 5.32 Å². The van der Waals surface area contributed by atoms with Crippen LogP contribution in [0.15, 0.2) is 24.3 Å². The van der Waals surface area contributed by atoms with Crippen molar-refractivity contribution in [3.8, 4) is 6.07 Å². The van der Waals surface area contributed by atoms with E-state index in [1.807, 2.05) is 6.07 Å². The lowest BCUT2D eigenvalue weighted by molar-refractivity contribution is -0.137. The molecule has 2 N–H and O–H groups in total. The normalized spacial score (nSPS) is 18.6. The molecule has 17 heavy (non-hydrogen) atoms. The van der Waals surface area contributed by atoms with E-state index >= 15 is 0 Å². The molecule has 1 aliphatic heterocycles. The number of hydrogen-bond donors (Lipinski definition) is 2. The summed E-state index contributed by atoms with van der Waals surface area (Å²) in [5.74, 6) is -1.08. The van der Waals surface area contributed by atoms with Crippen molar-refractivity contribution < 1.29 is 14.7 Å². The third-order valence-electron chi connectivity index (χ3n) is 2.52. The third kappa shape index (κ3) is 1.90. The Morgan fingerprint density at radius 2 is 2.35 bits per heavy atom. The van der Waals surface area contributed by atoms with Gasteiger partial charge in [-0.25, -0.2) is 9.59 Å². The van der Waals surface area contributed by atoms with Crippen LogP contribution in [0.2, 0.25) is 0 Å². The fraction of sp³-hybridized carbons (Fsp3) is 0.182. The summed E-state index contributed by atoms with van der Waals surface area (Å²) in [6.45, 7) is 0.0605. The van der Waals surface area contributed by atoms with Gasteiger partial charge in [0.1, 0.15) is 0 Å². The van der Waals surface area contributed by atoms with Crippen molar-refractivity contribution in [2.24, 2.45) is 0 Å². The zero-order valence-corrected chi connectivity index (χ0v) is 8.75. The number of benzene rings is 1. The molecule has 0 aromatic heterocycles. The molecule has 6 nitrogen and oxygen atoms in total. The quantitative estimate of drug-likeness (QED) is 0.776. The molecule has 0 aliphatic carbocycles.